The molecule has 2 radical (unpaired) electrons. The molecular formula is C13H14BN. The van der Waals surface area contributed by atoms with Crippen molar-refractivity contribution in [3.8, 4) is 6.07 Å². The van der Waals surface area contributed by atoms with Crippen molar-refractivity contribution < 1.29 is 0 Å². The zero-order valence-corrected chi connectivity index (χ0v) is 9.09. The molecule has 74 valence electrons. The Hall–Kier alpha value is -1.23. The first kappa shape index (κ1) is 10.3. The van der Waals surface area contributed by atoms with Gasteiger partial charge in [-0.15, -0.1) is 0 Å². The first-order valence-electron chi connectivity index (χ1n) is 5.46. The Bertz CT molecular complexity index is 407. The smallest absolute Gasteiger partial charge is 0.0994 e. The third-order valence-corrected chi connectivity index (χ3v) is 3.14. The second-order valence-electron chi connectivity index (χ2n) is 4.42. The van der Waals surface area contributed by atoms with Crippen LogP contribution in [-0.4, -0.2) is 7.85 Å². The SMILES string of the molecule is [B]C1CC=C(C2=C(C#N)C=C(C)CC2)C1. The molecule has 0 saturated carbocycles. The average molecular weight is 195 g/mol. The van der Waals surface area contributed by atoms with Gasteiger partial charge in [0.15, 0.2) is 0 Å². The van der Waals surface area contributed by atoms with Gasteiger partial charge in [-0.1, -0.05) is 17.5 Å². The van der Waals surface area contributed by atoms with Crippen LogP contribution in [0.4, 0.5) is 0 Å². The van der Waals surface area contributed by atoms with E-state index in [0.29, 0.717) is 0 Å². The molecule has 0 bridgehead atoms. The minimum Gasteiger partial charge on any atom is -0.192 e. The summed E-state index contributed by atoms with van der Waals surface area (Å²) in [5.41, 5.74) is 4.69. The molecule has 0 aromatic heterocycles. The number of hydrogen-bond donors (Lipinski definition) is 0. The molecule has 2 aliphatic carbocycles. The molecule has 1 nitrogen and oxygen atoms in total. The molecule has 0 spiro atoms. The van der Waals surface area contributed by atoms with Crippen molar-refractivity contribution in [2.24, 2.45) is 0 Å². The second-order valence-corrected chi connectivity index (χ2v) is 4.42. The maximum atomic E-state index is 9.09. The van der Waals surface area contributed by atoms with Crippen LogP contribution in [0.3, 0.4) is 0 Å². The Kier molecular flexibility index (Phi) is 2.82. The van der Waals surface area contributed by atoms with E-state index in [2.05, 4.69) is 19.1 Å². The van der Waals surface area contributed by atoms with E-state index >= 15 is 0 Å². The van der Waals surface area contributed by atoms with Crippen LogP contribution in [0, 0.1) is 11.3 Å². The molecule has 15 heavy (non-hydrogen) atoms. The van der Waals surface area contributed by atoms with E-state index < -0.39 is 0 Å². The Morgan fingerprint density at radius 2 is 2.27 bits per heavy atom. The summed E-state index contributed by atoms with van der Waals surface area (Å²) in [6.45, 7) is 2.09. The number of rotatable bonds is 1. The van der Waals surface area contributed by atoms with Crippen molar-refractivity contribution in [3.63, 3.8) is 0 Å². The molecule has 2 aliphatic rings. The summed E-state index contributed by atoms with van der Waals surface area (Å²) in [7, 11) is 5.87. The quantitative estimate of drug-likeness (QED) is 0.589. The number of allylic oxidation sites excluding steroid dienone is 6. The molecule has 0 saturated heterocycles. The molecule has 1 unspecified atom stereocenters. The minimum atomic E-state index is 0.263. The Morgan fingerprint density at radius 3 is 2.87 bits per heavy atom. The minimum absolute atomic E-state index is 0.263. The maximum Gasteiger partial charge on any atom is 0.0994 e. The summed E-state index contributed by atoms with van der Waals surface area (Å²) in [5.74, 6) is 0.263. The van der Waals surface area contributed by atoms with Crippen molar-refractivity contribution in [2.75, 3.05) is 0 Å². The van der Waals surface area contributed by atoms with Crippen LogP contribution in [0.25, 0.3) is 0 Å². The predicted octanol–water partition coefficient (Wildman–Crippen LogP) is 3.22. The van der Waals surface area contributed by atoms with Crippen molar-refractivity contribution >= 4 is 7.85 Å². The number of hydrogen-bond acceptors (Lipinski definition) is 1. The van der Waals surface area contributed by atoms with E-state index in [4.69, 9.17) is 13.1 Å². The molecule has 0 amide bonds. The molecular weight excluding hydrogens is 181 g/mol. The van der Waals surface area contributed by atoms with Crippen LogP contribution in [-0.2, 0) is 0 Å². The predicted molar refractivity (Wildman–Crippen MR) is 62.5 cm³/mol. The standard InChI is InChI=1S/C13H14BN/c1-9-2-5-13(11(6-9)8-15)10-3-4-12(14)7-10/h3,6,12H,2,4-5,7H2,1H3. The fraction of sp³-hybridized carbons (Fsp3) is 0.462. The van der Waals surface area contributed by atoms with Crippen LogP contribution in [0.15, 0.2) is 34.4 Å². The molecule has 2 rings (SSSR count). The van der Waals surface area contributed by atoms with E-state index in [1.165, 1.54) is 16.7 Å². The van der Waals surface area contributed by atoms with Gasteiger partial charge in [0, 0.05) is 0 Å². The molecule has 1 atom stereocenters. The largest absolute Gasteiger partial charge is 0.192 e. The molecule has 0 aromatic carbocycles. The van der Waals surface area contributed by atoms with Gasteiger partial charge in [0.2, 0.25) is 0 Å². The average Bonchev–Trinajstić information content (AvgIpc) is 2.64. The molecule has 0 N–H and O–H groups in total. The van der Waals surface area contributed by atoms with Gasteiger partial charge in [-0.3, -0.25) is 0 Å². The van der Waals surface area contributed by atoms with E-state index in [-0.39, 0.29) is 5.82 Å². The summed E-state index contributed by atoms with van der Waals surface area (Å²) in [6, 6.07) is 2.30. The lowest BCUT2D eigenvalue weighted by atomic mass is 9.82. The summed E-state index contributed by atoms with van der Waals surface area (Å²) in [6.07, 6.45) is 8.19. The maximum absolute atomic E-state index is 9.09. The monoisotopic (exact) mass is 195 g/mol. The van der Waals surface area contributed by atoms with Crippen molar-refractivity contribution in [1.82, 2.24) is 0 Å². The van der Waals surface area contributed by atoms with Crippen LogP contribution in [0.1, 0.15) is 32.6 Å². The summed E-state index contributed by atoms with van der Waals surface area (Å²) in [5, 5.41) is 9.09. The van der Waals surface area contributed by atoms with Gasteiger partial charge >= 0.3 is 0 Å². The number of nitriles is 1. The van der Waals surface area contributed by atoms with Gasteiger partial charge in [-0.2, -0.15) is 5.26 Å². The van der Waals surface area contributed by atoms with Gasteiger partial charge in [-0.25, -0.2) is 0 Å². The zero-order valence-electron chi connectivity index (χ0n) is 9.09. The van der Waals surface area contributed by atoms with E-state index in [1.807, 2.05) is 6.08 Å². The Morgan fingerprint density at radius 1 is 1.47 bits per heavy atom. The lowest BCUT2D eigenvalue weighted by Gasteiger charge is -2.16. The van der Waals surface area contributed by atoms with Crippen molar-refractivity contribution in [2.45, 2.75) is 38.4 Å². The van der Waals surface area contributed by atoms with Crippen LogP contribution >= 0.6 is 0 Å². The van der Waals surface area contributed by atoms with E-state index in [9.17, 15) is 0 Å². The van der Waals surface area contributed by atoms with Crippen molar-refractivity contribution in [1.29, 1.82) is 5.26 Å². The highest BCUT2D eigenvalue weighted by atomic mass is 14.3. The molecule has 0 aliphatic heterocycles. The Labute approximate surface area is 92.6 Å². The third-order valence-electron chi connectivity index (χ3n) is 3.14. The van der Waals surface area contributed by atoms with Gasteiger partial charge in [0.05, 0.1) is 19.5 Å². The topological polar surface area (TPSA) is 23.8 Å². The number of nitrogens with zero attached hydrogens (tertiary/aromatic N) is 1. The lowest BCUT2D eigenvalue weighted by Crippen LogP contribution is -1.99. The molecule has 0 heterocycles. The lowest BCUT2D eigenvalue weighted by molar-refractivity contribution is 0.858. The van der Waals surface area contributed by atoms with Crippen LogP contribution < -0.4 is 0 Å². The van der Waals surface area contributed by atoms with Gasteiger partial charge in [-0.05, 0) is 49.8 Å². The summed E-state index contributed by atoms with van der Waals surface area (Å²) >= 11 is 0. The fourth-order valence-electron chi connectivity index (χ4n) is 2.28. The third kappa shape index (κ3) is 2.07. The normalized spacial score (nSPS) is 26.0. The van der Waals surface area contributed by atoms with E-state index in [1.54, 1.807) is 0 Å². The van der Waals surface area contributed by atoms with Crippen LogP contribution in [0.5, 0.6) is 0 Å². The molecule has 0 fully saturated rings. The first-order chi connectivity index (χ1) is 7.20. The highest BCUT2D eigenvalue weighted by molar-refractivity contribution is 6.12. The highest BCUT2D eigenvalue weighted by Crippen LogP contribution is 2.37. The summed E-state index contributed by atoms with van der Waals surface area (Å²) < 4.78 is 0. The molecule has 2 heteroatoms. The zero-order chi connectivity index (χ0) is 10.8. The van der Waals surface area contributed by atoms with Crippen LogP contribution in [0.2, 0.25) is 5.82 Å². The van der Waals surface area contributed by atoms with E-state index in [0.717, 1.165) is 31.3 Å². The second kappa shape index (κ2) is 4.10. The van der Waals surface area contributed by atoms with Gasteiger partial charge < -0.3 is 0 Å². The highest BCUT2D eigenvalue weighted by Gasteiger charge is 2.20. The van der Waals surface area contributed by atoms with Gasteiger partial charge in [0.1, 0.15) is 0 Å². The Balaban J connectivity index is 2.32. The molecule has 0 aromatic rings. The van der Waals surface area contributed by atoms with Crippen molar-refractivity contribution in [3.05, 3.63) is 34.4 Å². The first-order valence-corrected chi connectivity index (χ1v) is 5.46. The summed E-state index contributed by atoms with van der Waals surface area (Å²) in [4.78, 5) is 0. The van der Waals surface area contributed by atoms with Gasteiger partial charge in [0.25, 0.3) is 0 Å². The fourth-order valence-corrected chi connectivity index (χ4v) is 2.28.